The van der Waals surface area contributed by atoms with Crippen molar-refractivity contribution in [1.29, 1.82) is 0 Å². The van der Waals surface area contributed by atoms with Gasteiger partial charge in [-0.05, 0) is 30.7 Å². The second kappa shape index (κ2) is 5.17. The Labute approximate surface area is 105 Å². The van der Waals surface area contributed by atoms with Gasteiger partial charge in [0.15, 0.2) is 5.84 Å². The summed E-state index contributed by atoms with van der Waals surface area (Å²) >= 11 is 7.79. The van der Waals surface area contributed by atoms with Crippen LogP contribution >= 0.6 is 22.9 Å². The molecular weight excluding hydrogens is 242 g/mol. The molecule has 0 saturated heterocycles. The predicted octanol–water partition coefficient (Wildman–Crippen LogP) is 2.86. The lowest BCUT2D eigenvalue weighted by molar-refractivity contribution is 0.701. The smallest absolute Gasteiger partial charge is 0.154 e. The Bertz CT molecular complexity index is 394. The van der Waals surface area contributed by atoms with Crippen LogP contribution < -0.4 is 11.3 Å². The summed E-state index contributed by atoms with van der Waals surface area (Å²) < 4.78 is 0. The molecule has 5 heteroatoms. The number of thiophene rings is 1. The summed E-state index contributed by atoms with van der Waals surface area (Å²) in [6.07, 6.45) is 4.85. The average molecular weight is 258 g/mol. The third-order valence-corrected chi connectivity index (χ3v) is 4.59. The van der Waals surface area contributed by atoms with Crippen molar-refractivity contribution in [1.82, 2.24) is 5.43 Å². The Morgan fingerprint density at radius 2 is 2.25 bits per heavy atom. The molecule has 1 saturated carbocycles. The molecule has 0 spiro atoms. The first-order valence-electron chi connectivity index (χ1n) is 5.50. The van der Waals surface area contributed by atoms with Crippen molar-refractivity contribution in [2.45, 2.75) is 38.6 Å². The van der Waals surface area contributed by atoms with Crippen LogP contribution in [0.1, 0.15) is 36.1 Å². The van der Waals surface area contributed by atoms with E-state index in [1.54, 1.807) is 11.3 Å². The highest BCUT2D eigenvalue weighted by Crippen LogP contribution is 2.28. The van der Waals surface area contributed by atoms with Crippen LogP contribution in [0.25, 0.3) is 0 Å². The van der Waals surface area contributed by atoms with E-state index >= 15 is 0 Å². The molecule has 3 N–H and O–H groups in total. The first-order valence-corrected chi connectivity index (χ1v) is 6.76. The van der Waals surface area contributed by atoms with Gasteiger partial charge in [-0.25, -0.2) is 5.84 Å². The molecule has 0 unspecified atom stereocenters. The van der Waals surface area contributed by atoms with E-state index in [0.29, 0.717) is 6.04 Å². The summed E-state index contributed by atoms with van der Waals surface area (Å²) in [5, 5.41) is 2.79. The zero-order valence-corrected chi connectivity index (χ0v) is 10.9. The van der Waals surface area contributed by atoms with Crippen LogP contribution in [0.4, 0.5) is 0 Å². The van der Waals surface area contributed by atoms with Gasteiger partial charge in [-0.3, -0.25) is 4.99 Å². The molecule has 0 atom stereocenters. The minimum Gasteiger partial charge on any atom is -0.308 e. The third-order valence-electron chi connectivity index (χ3n) is 2.89. The third kappa shape index (κ3) is 2.39. The van der Waals surface area contributed by atoms with E-state index in [4.69, 9.17) is 17.4 Å². The van der Waals surface area contributed by atoms with E-state index in [0.717, 1.165) is 34.1 Å². The highest BCUT2D eigenvalue weighted by atomic mass is 35.5. The number of hydrogen-bond acceptors (Lipinski definition) is 3. The van der Waals surface area contributed by atoms with Gasteiger partial charge in [-0.15, -0.1) is 11.3 Å². The number of aliphatic imine (C=N–C) groups is 1. The number of rotatable bonds is 2. The van der Waals surface area contributed by atoms with Gasteiger partial charge in [-0.1, -0.05) is 24.4 Å². The molecule has 1 heterocycles. The van der Waals surface area contributed by atoms with Gasteiger partial charge in [-0.2, -0.15) is 0 Å². The Balaban J connectivity index is 2.24. The fourth-order valence-corrected chi connectivity index (χ4v) is 3.21. The van der Waals surface area contributed by atoms with Crippen LogP contribution in [0.2, 0.25) is 5.02 Å². The van der Waals surface area contributed by atoms with E-state index in [-0.39, 0.29) is 0 Å². The van der Waals surface area contributed by atoms with E-state index in [1.807, 2.05) is 12.3 Å². The summed E-state index contributed by atoms with van der Waals surface area (Å²) in [5.74, 6) is 6.26. The van der Waals surface area contributed by atoms with E-state index in [9.17, 15) is 0 Å². The molecular formula is C11H16ClN3S. The van der Waals surface area contributed by atoms with E-state index < -0.39 is 0 Å². The molecule has 0 radical (unpaired) electrons. The highest BCUT2D eigenvalue weighted by molar-refractivity contribution is 7.13. The number of hydrogen-bond donors (Lipinski definition) is 2. The fourth-order valence-electron chi connectivity index (χ4n) is 1.97. The number of nitrogens with one attached hydrogen (secondary N) is 1. The van der Waals surface area contributed by atoms with Crippen LogP contribution in [0.5, 0.6) is 0 Å². The molecule has 1 aromatic heterocycles. The minimum atomic E-state index is 0.407. The van der Waals surface area contributed by atoms with Gasteiger partial charge >= 0.3 is 0 Å². The van der Waals surface area contributed by atoms with Crippen molar-refractivity contribution < 1.29 is 0 Å². The maximum atomic E-state index is 6.20. The molecule has 0 amide bonds. The summed E-state index contributed by atoms with van der Waals surface area (Å²) in [7, 11) is 0. The summed E-state index contributed by atoms with van der Waals surface area (Å²) in [6, 6.07) is 0.407. The maximum absolute atomic E-state index is 6.20. The summed E-state index contributed by atoms with van der Waals surface area (Å²) in [4.78, 5) is 5.60. The number of nitrogens with zero attached hydrogens (tertiary/aromatic N) is 1. The largest absolute Gasteiger partial charge is 0.308 e. The van der Waals surface area contributed by atoms with Gasteiger partial charge in [0.05, 0.1) is 15.9 Å². The van der Waals surface area contributed by atoms with Gasteiger partial charge in [0.1, 0.15) is 0 Å². The topological polar surface area (TPSA) is 50.4 Å². The van der Waals surface area contributed by atoms with E-state index in [2.05, 4.69) is 10.4 Å². The molecule has 0 bridgehead atoms. The van der Waals surface area contributed by atoms with Crippen molar-refractivity contribution in [2.75, 3.05) is 0 Å². The second-order valence-electron chi connectivity index (χ2n) is 4.12. The Morgan fingerprint density at radius 1 is 1.56 bits per heavy atom. The van der Waals surface area contributed by atoms with Crippen LogP contribution in [-0.2, 0) is 0 Å². The average Bonchev–Trinajstić information content (AvgIpc) is 2.88. The SMILES string of the molecule is Cc1csc(C(=NC2CCCC2)NN)c1Cl. The maximum Gasteiger partial charge on any atom is 0.154 e. The standard InChI is InChI=1S/C11H16ClN3S/c1-7-6-16-10(9(7)12)11(15-13)14-8-4-2-3-5-8/h6,8H,2-5,13H2,1H3,(H,14,15). The van der Waals surface area contributed by atoms with Gasteiger partial charge in [0.25, 0.3) is 0 Å². The zero-order valence-electron chi connectivity index (χ0n) is 9.29. The molecule has 88 valence electrons. The summed E-state index contributed by atoms with van der Waals surface area (Å²) in [5.41, 5.74) is 3.76. The van der Waals surface area contributed by atoms with Crippen LogP contribution in [0.15, 0.2) is 10.4 Å². The number of halogens is 1. The van der Waals surface area contributed by atoms with Crippen LogP contribution in [-0.4, -0.2) is 11.9 Å². The second-order valence-corrected chi connectivity index (χ2v) is 5.38. The van der Waals surface area contributed by atoms with Crippen LogP contribution in [0, 0.1) is 6.92 Å². The minimum absolute atomic E-state index is 0.407. The fraction of sp³-hybridized carbons (Fsp3) is 0.545. The molecule has 0 aromatic carbocycles. The van der Waals surface area contributed by atoms with Gasteiger partial charge < -0.3 is 5.43 Å². The lowest BCUT2D eigenvalue weighted by Crippen LogP contribution is -2.31. The normalized spacial score (nSPS) is 18.1. The first-order chi connectivity index (χ1) is 7.72. The van der Waals surface area contributed by atoms with Crippen molar-refractivity contribution in [3.8, 4) is 0 Å². The Kier molecular flexibility index (Phi) is 3.84. The Hall–Kier alpha value is -0.580. The van der Waals surface area contributed by atoms with Crippen molar-refractivity contribution in [3.05, 3.63) is 20.8 Å². The quantitative estimate of drug-likeness (QED) is 0.371. The van der Waals surface area contributed by atoms with Crippen molar-refractivity contribution >= 4 is 28.8 Å². The molecule has 0 aliphatic heterocycles. The Morgan fingerprint density at radius 3 is 2.75 bits per heavy atom. The molecule has 3 nitrogen and oxygen atoms in total. The number of amidine groups is 1. The van der Waals surface area contributed by atoms with E-state index in [1.165, 1.54) is 12.8 Å². The number of aryl methyl sites for hydroxylation is 1. The molecule has 1 aromatic rings. The number of nitrogens with two attached hydrogens (primary N) is 1. The van der Waals surface area contributed by atoms with Gasteiger partial charge in [0, 0.05) is 0 Å². The van der Waals surface area contributed by atoms with Crippen LogP contribution in [0.3, 0.4) is 0 Å². The monoisotopic (exact) mass is 257 g/mol. The van der Waals surface area contributed by atoms with Gasteiger partial charge in [0.2, 0.25) is 0 Å². The molecule has 16 heavy (non-hydrogen) atoms. The number of hydrazine groups is 1. The zero-order chi connectivity index (χ0) is 11.5. The lowest BCUT2D eigenvalue weighted by atomic mass is 10.2. The predicted molar refractivity (Wildman–Crippen MR) is 70.2 cm³/mol. The molecule has 2 rings (SSSR count). The molecule has 1 fully saturated rings. The van der Waals surface area contributed by atoms with Crippen molar-refractivity contribution in [2.24, 2.45) is 10.8 Å². The lowest BCUT2D eigenvalue weighted by Gasteiger charge is -2.08. The first kappa shape index (κ1) is 11.9. The molecule has 1 aliphatic carbocycles. The summed E-state index contributed by atoms with van der Waals surface area (Å²) in [6.45, 7) is 1.99. The highest BCUT2D eigenvalue weighted by Gasteiger charge is 2.17. The van der Waals surface area contributed by atoms with Crippen molar-refractivity contribution in [3.63, 3.8) is 0 Å². The molecule has 1 aliphatic rings.